The van der Waals surface area contributed by atoms with Gasteiger partial charge < -0.3 is 9.14 Å². The first-order chi connectivity index (χ1) is 13.6. The van der Waals surface area contributed by atoms with Crippen LogP contribution >= 0.6 is 0 Å². The highest BCUT2D eigenvalue weighted by Crippen LogP contribution is 2.38. The number of fused-ring (bicyclic) bond motifs is 2. The molecular formula is C18H14F6N4O. The van der Waals surface area contributed by atoms with E-state index in [0.29, 0.717) is 12.1 Å². The van der Waals surface area contributed by atoms with Gasteiger partial charge in [0.05, 0.1) is 18.7 Å². The van der Waals surface area contributed by atoms with E-state index < -0.39 is 23.6 Å². The van der Waals surface area contributed by atoms with Crippen LogP contribution in [0.3, 0.4) is 0 Å². The lowest BCUT2D eigenvalue weighted by atomic mass is 10.1. The number of allylic oxidation sites excluding steroid dienone is 1. The summed E-state index contributed by atoms with van der Waals surface area (Å²) >= 11 is 0. The first-order valence-electron chi connectivity index (χ1n) is 8.65. The second kappa shape index (κ2) is 6.82. The number of nitrogens with zero attached hydrogens (tertiary/aromatic N) is 4. The monoisotopic (exact) mass is 416 g/mol. The van der Waals surface area contributed by atoms with Crippen molar-refractivity contribution >= 4 is 11.7 Å². The number of halogens is 6. The summed E-state index contributed by atoms with van der Waals surface area (Å²) in [5, 5.41) is 3.62. The molecule has 0 unspecified atom stereocenters. The molecule has 0 atom stereocenters. The zero-order valence-electron chi connectivity index (χ0n) is 14.8. The first kappa shape index (κ1) is 19.3. The van der Waals surface area contributed by atoms with Crippen LogP contribution in [0, 0.1) is 0 Å². The summed E-state index contributed by atoms with van der Waals surface area (Å²) in [6.07, 6.45) is -2.02. The molecule has 0 bridgehead atoms. The molecule has 5 nitrogen and oxygen atoms in total. The smallest absolute Gasteiger partial charge is 0.435 e. The molecule has 11 heteroatoms. The van der Waals surface area contributed by atoms with Crippen LogP contribution in [0.1, 0.15) is 28.8 Å². The molecule has 0 aromatic carbocycles. The Kier molecular flexibility index (Phi) is 4.55. The Morgan fingerprint density at radius 1 is 1.14 bits per heavy atom. The zero-order chi connectivity index (χ0) is 20.8. The third-order valence-corrected chi connectivity index (χ3v) is 4.50. The van der Waals surface area contributed by atoms with Gasteiger partial charge in [-0.15, -0.1) is 0 Å². The molecule has 0 N–H and O–H groups in total. The number of pyridine rings is 1. The van der Waals surface area contributed by atoms with Crippen LogP contribution in [0.4, 0.5) is 26.3 Å². The van der Waals surface area contributed by atoms with Gasteiger partial charge in [0, 0.05) is 29.7 Å². The number of aromatic nitrogens is 4. The summed E-state index contributed by atoms with van der Waals surface area (Å²) < 4.78 is 86.6. The van der Waals surface area contributed by atoms with E-state index in [9.17, 15) is 26.3 Å². The van der Waals surface area contributed by atoms with Crippen LogP contribution in [-0.2, 0) is 25.3 Å². The fraction of sp³-hybridized carbons (Fsp3) is 0.333. The molecule has 1 aliphatic heterocycles. The lowest BCUT2D eigenvalue weighted by Crippen LogP contribution is -2.13. The Balaban J connectivity index is 1.67. The quantitative estimate of drug-likeness (QED) is 0.586. The molecule has 0 fully saturated rings. The summed E-state index contributed by atoms with van der Waals surface area (Å²) in [6.45, 7) is 0.184. The van der Waals surface area contributed by atoms with E-state index in [4.69, 9.17) is 4.74 Å². The minimum Gasteiger partial charge on any atom is -0.478 e. The van der Waals surface area contributed by atoms with Gasteiger partial charge >= 0.3 is 12.4 Å². The summed E-state index contributed by atoms with van der Waals surface area (Å²) in [5.41, 5.74) is -1.37. The standard InChI is InChI=1S/C18H14F6N4O/c19-17(20,21)12-9-11(15-25-5-7-27(15)10-12)3-1-6-28-16-13(4-2-8-29-16)14(26-28)18(22,23)24/h1,3,5,7,9-10H,2,4,6,8H2/b3-1+. The average Bonchev–Trinajstić information content (AvgIpc) is 3.25. The van der Waals surface area contributed by atoms with E-state index in [-0.39, 0.29) is 36.6 Å². The van der Waals surface area contributed by atoms with Gasteiger partial charge in [-0.1, -0.05) is 12.2 Å². The van der Waals surface area contributed by atoms with Gasteiger partial charge in [-0.25, -0.2) is 9.67 Å². The predicted octanol–water partition coefficient (Wildman–Crippen LogP) is 4.61. The van der Waals surface area contributed by atoms with E-state index in [1.807, 2.05) is 0 Å². The first-order valence-corrected chi connectivity index (χ1v) is 8.65. The fourth-order valence-corrected chi connectivity index (χ4v) is 3.26. The number of rotatable bonds is 3. The molecule has 3 aromatic rings. The number of imidazole rings is 1. The number of hydrogen-bond acceptors (Lipinski definition) is 3. The lowest BCUT2D eigenvalue weighted by molar-refractivity contribution is -0.142. The van der Waals surface area contributed by atoms with Crippen molar-refractivity contribution in [2.24, 2.45) is 0 Å². The van der Waals surface area contributed by atoms with Gasteiger partial charge in [0.2, 0.25) is 5.88 Å². The molecule has 1 aliphatic rings. The predicted molar refractivity (Wildman–Crippen MR) is 90.3 cm³/mol. The van der Waals surface area contributed by atoms with E-state index in [0.717, 1.165) is 16.9 Å². The number of hydrogen-bond donors (Lipinski definition) is 0. The Morgan fingerprint density at radius 3 is 2.66 bits per heavy atom. The fourth-order valence-electron chi connectivity index (χ4n) is 3.26. The average molecular weight is 416 g/mol. The maximum absolute atomic E-state index is 13.2. The van der Waals surface area contributed by atoms with Crippen LogP contribution in [-0.4, -0.2) is 25.8 Å². The van der Waals surface area contributed by atoms with Gasteiger partial charge in [-0.3, -0.25) is 0 Å². The lowest BCUT2D eigenvalue weighted by Gasteiger charge is -2.15. The molecule has 4 rings (SSSR count). The van der Waals surface area contributed by atoms with Crippen molar-refractivity contribution in [2.45, 2.75) is 31.7 Å². The maximum atomic E-state index is 13.2. The van der Waals surface area contributed by atoms with Gasteiger partial charge in [-0.2, -0.15) is 31.4 Å². The molecule has 0 radical (unpaired) electrons. The summed E-state index contributed by atoms with van der Waals surface area (Å²) in [6, 6.07) is 0.940. The molecule has 0 spiro atoms. The van der Waals surface area contributed by atoms with Gasteiger partial charge in [-0.05, 0) is 18.9 Å². The zero-order valence-corrected chi connectivity index (χ0v) is 14.8. The maximum Gasteiger partial charge on any atom is 0.435 e. The van der Waals surface area contributed by atoms with E-state index in [2.05, 4.69) is 10.1 Å². The Bertz CT molecular complexity index is 1080. The topological polar surface area (TPSA) is 44.3 Å². The minimum absolute atomic E-state index is 0.00636. The highest BCUT2D eigenvalue weighted by atomic mass is 19.4. The van der Waals surface area contributed by atoms with Crippen molar-refractivity contribution in [1.29, 1.82) is 0 Å². The highest BCUT2D eigenvalue weighted by molar-refractivity contribution is 5.66. The van der Waals surface area contributed by atoms with Gasteiger partial charge in [0.15, 0.2) is 5.69 Å². The number of alkyl halides is 6. The van der Waals surface area contributed by atoms with E-state index >= 15 is 0 Å². The van der Waals surface area contributed by atoms with E-state index in [1.54, 1.807) is 0 Å². The third kappa shape index (κ3) is 3.68. The molecular weight excluding hydrogens is 402 g/mol. The third-order valence-electron chi connectivity index (χ3n) is 4.50. The van der Waals surface area contributed by atoms with Crippen molar-refractivity contribution in [3.8, 4) is 5.88 Å². The molecule has 0 saturated heterocycles. The molecule has 29 heavy (non-hydrogen) atoms. The molecule has 0 amide bonds. The number of ether oxygens (including phenoxy) is 1. The van der Waals surface area contributed by atoms with Crippen molar-refractivity contribution < 1.29 is 31.1 Å². The Morgan fingerprint density at radius 2 is 1.93 bits per heavy atom. The minimum atomic E-state index is -4.61. The molecule has 0 aliphatic carbocycles. The second-order valence-corrected chi connectivity index (χ2v) is 6.51. The van der Waals surface area contributed by atoms with Crippen molar-refractivity contribution in [3.05, 3.63) is 53.1 Å². The van der Waals surface area contributed by atoms with Crippen molar-refractivity contribution in [3.63, 3.8) is 0 Å². The van der Waals surface area contributed by atoms with Crippen LogP contribution < -0.4 is 4.74 Å². The van der Waals surface area contributed by atoms with Crippen LogP contribution in [0.15, 0.2) is 30.7 Å². The van der Waals surface area contributed by atoms with Gasteiger partial charge in [0.25, 0.3) is 0 Å². The molecule has 3 aromatic heterocycles. The SMILES string of the molecule is FC(F)(F)c1cc(/C=C/Cn2nc(C(F)(F)F)c3c2OCCC3)c2nccn2c1. The van der Waals surface area contributed by atoms with Crippen molar-refractivity contribution in [1.82, 2.24) is 19.2 Å². The van der Waals surface area contributed by atoms with Gasteiger partial charge in [0.1, 0.15) is 5.65 Å². The molecule has 0 saturated carbocycles. The van der Waals surface area contributed by atoms with Crippen LogP contribution in [0.25, 0.3) is 11.7 Å². The largest absolute Gasteiger partial charge is 0.478 e. The Hall–Kier alpha value is -2.98. The summed E-state index contributed by atoms with van der Waals surface area (Å²) in [5.74, 6) is 0.0447. The molecule has 4 heterocycles. The summed E-state index contributed by atoms with van der Waals surface area (Å²) in [4.78, 5) is 4.02. The molecule has 154 valence electrons. The Labute approximate surface area is 160 Å². The van der Waals surface area contributed by atoms with E-state index in [1.165, 1.54) is 28.9 Å². The second-order valence-electron chi connectivity index (χ2n) is 6.51. The summed E-state index contributed by atoms with van der Waals surface area (Å²) in [7, 11) is 0. The van der Waals surface area contributed by atoms with Crippen LogP contribution in [0.5, 0.6) is 5.88 Å². The highest BCUT2D eigenvalue weighted by Gasteiger charge is 2.40. The normalized spacial score (nSPS) is 15.1. The van der Waals surface area contributed by atoms with Crippen molar-refractivity contribution in [2.75, 3.05) is 6.61 Å². The van der Waals surface area contributed by atoms with Crippen LogP contribution in [0.2, 0.25) is 0 Å².